The van der Waals surface area contributed by atoms with Gasteiger partial charge in [0.1, 0.15) is 11.6 Å². The SMILES string of the molecule is N#Cc1ccc(-n2c3ccccc3c3cc(-c4cc5c6c(c4)N(c4cc(-c7ccccc7)cc(-c7ccccc7)c4)c4ccccc4B6c4ccccc4N5c4cc(-c5ccccc5)cc(-c5ccccc5)c4)ccc32)c(-c2cc(F)cc(F)c2)c1. The first-order chi connectivity index (χ1) is 42.4. The van der Waals surface area contributed by atoms with E-state index in [0.29, 0.717) is 22.4 Å². The molecule has 0 fully saturated rings. The fourth-order valence-electron chi connectivity index (χ4n) is 13.4. The van der Waals surface area contributed by atoms with Crippen molar-refractivity contribution < 1.29 is 8.78 Å². The van der Waals surface area contributed by atoms with Crippen molar-refractivity contribution in [2.75, 3.05) is 9.80 Å². The molecule has 2 aliphatic rings. The number of nitrogens with zero attached hydrogens (tertiary/aromatic N) is 4. The van der Waals surface area contributed by atoms with Gasteiger partial charge >= 0.3 is 0 Å². The molecule has 86 heavy (non-hydrogen) atoms. The number of nitriles is 1. The van der Waals surface area contributed by atoms with Gasteiger partial charge < -0.3 is 14.4 Å². The standard InChI is InChI=1S/C79H49BF2N4/c81-63-40-62(41-64(82)49-63)68-37-51(50-83)33-35-73(68)86-72-30-16-13-27-67(72)69-46-56(34-36-74(69)86)61-47-77-79-78(48-61)85(66-44-59(54-23-9-3-10-24-54)39-60(45-66)55-25-11-4-12-26-55)76-32-18-15-29-71(76)80(79)70-28-14-17-31-75(70)84(77)65-42-57(52-19-5-1-6-20-52)38-58(43-65)53-21-7-2-8-22-53/h1-49H. The van der Waals surface area contributed by atoms with E-state index in [0.717, 1.165) is 118 Å². The highest BCUT2D eigenvalue weighted by Gasteiger charge is 2.44. The highest BCUT2D eigenvalue weighted by atomic mass is 19.1. The Morgan fingerprint density at radius 3 is 1.24 bits per heavy atom. The zero-order valence-corrected chi connectivity index (χ0v) is 46.4. The lowest BCUT2D eigenvalue weighted by atomic mass is 9.33. The first-order valence-corrected chi connectivity index (χ1v) is 28.9. The van der Waals surface area contributed by atoms with Crippen LogP contribution in [0.15, 0.2) is 297 Å². The molecule has 0 unspecified atom stereocenters. The summed E-state index contributed by atoms with van der Waals surface area (Å²) >= 11 is 0. The number of rotatable bonds is 9. The molecule has 1 aromatic heterocycles. The monoisotopic (exact) mass is 1100 g/mol. The van der Waals surface area contributed by atoms with Gasteiger partial charge in [-0.25, -0.2) is 8.78 Å². The van der Waals surface area contributed by atoms with E-state index in [-0.39, 0.29) is 6.71 Å². The van der Waals surface area contributed by atoms with Gasteiger partial charge in [0.25, 0.3) is 6.71 Å². The molecule has 0 N–H and O–H groups in total. The van der Waals surface area contributed by atoms with Crippen molar-refractivity contribution in [1.82, 2.24) is 4.57 Å². The third-order valence-electron chi connectivity index (χ3n) is 17.2. The quantitative estimate of drug-likeness (QED) is 0.135. The first kappa shape index (κ1) is 50.4. The molecule has 0 saturated carbocycles. The summed E-state index contributed by atoms with van der Waals surface area (Å²) in [4.78, 5) is 5.00. The molecule has 0 aliphatic carbocycles. The number of halogens is 2. The lowest BCUT2D eigenvalue weighted by Gasteiger charge is -2.44. The Kier molecular flexibility index (Phi) is 12.0. The molecular weight excluding hydrogens is 1050 g/mol. The molecule has 13 aromatic carbocycles. The largest absolute Gasteiger partial charge is 0.311 e. The van der Waals surface area contributed by atoms with Gasteiger partial charge in [0.05, 0.1) is 28.4 Å². The summed E-state index contributed by atoms with van der Waals surface area (Å²) in [6, 6.07) is 105. The summed E-state index contributed by atoms with van der Waals surface area (Å²) in [5, 5.41) is 12.1. The zero-order valence-electron chi connectivity index (χ0n) is 46.4. The van der Waals surface area contributed by atoms with Crippen molar-refractivity contribution in [3.8, 4) is 78.5 Å². The summed E-state index contributed by atoms with van der Waals surface area (Å²) in [5.74, 6) is -1.39. The third kappa shape index (κ3) is 8.49. The zero-order chi connectivity index (χ0) is 57.4. The molecule has 4 nitrogen and oxygen atoms in total. The van der Waals surface area contributed by atoms with Gasteiger partial charge in [0.2, 0.25) is 0 Å². The molecule has 402 valence electrons. The van der Waals surface area contributed by atoms with E-state index in [1.807, 2.05) is 12.1 Å². The van der Waals surface area contributed by atoms with Crippen LogP contribution < -0.4 is 26.2 Å². The van der Waals surface area contributed by atoms with E-state index in [9.17, 15) is 5.26 Å². The molecule has 14 aromatic rings. The Balaban J connectivity index is 0.988. The molecule has 3 heterocycles. The predicted octanol–water partition coefficient (Wildman–Crippen LogP) is 19.0. The van der Waals surface area contributed by atoms with Crippen LogP contribution in [0.2, 0.25) is 0 Å². The number of para-hydroxylation sites is 3. The molecular formula is C79H49BF2N4. The summed E-state index contributed by atoms with van der Waals surface area (Å²) in [6.07, 6.45) is 0. The van der Waals surface area contributed by atoms with Crippen molar-refractivity contribution in [3.05, 3.63) is 314 Å². The normalized spacial score (nSPS) is 12.2. The van der Waals surface area contributed by atoms with Crippen LogP contribution in [-0.2, 0) is 0 Å². The number of hydrogen-bond acceptors (Lipinski definition) is 3. The summed E-state index contributed by atoms with van der Waals surface area (Å²) in [6.45, 7) is -0.126. The van der Waals surface area contributed by atoms with Crippen LogP contribution in [0.1, 0.15) is 5.56 Å². The van der Waals surface area contributed by atoms with Crippen LogP contribution in [-0.4, -0.2) is 11.3 Å². The van der Waals surface area contributed by atoms with Crippen molar-refractivity contribution >= 4 is 79.0 Å². The number of anilines is 6. The molecule has 0 bridgehead atoms. The summed E-state index contributed by atoms with van der Waals surface area (Å²) in [7, 11) is 0. The second-order valence-electron chi connectivity index (χ2n) is 22.2. The van der Waals surface area contributed by atoms with Crippen molar-refractivity contribution in [3.63, 3.8) is 0 Å². The van der Waals surface area contributed by atoms with Crippen LogP contribution in [0.3, 0.4) is 0 Å². The molecule has 16 rings (SSSR count). The molecule has 7 heteroatoms. The second kappa shape index (κ2) is 20.5. The van der Waals surface area contributed by atoms with Crippen LogP contribution in [0, 0.1) is 23.0 Å². The fraction of sp³-hybridized carbons (Fsp3) is 0. The molecule has 0 radical (unpaired) electrons. The van der Waals surface area contributed by atoms with Crippen LogP contribution in [0.5, 0.6) is 0 Å². The molecule has 0 spiro atoms. The number of fused-ring (bicyclic) bond motifs is 7. The van der Waals surface area contributed by atoms with E-state index in [4.69, 9.17) is 0 Å². The fourth-order valence-corrected chi connectivity index (χ4v) is 13.4. The second-order valence-corrected chi connectivity index (χ2v) is 22.2. The van der Waals surface area contributed by atoms with Crippen LogP contribution >= 0.6 is 0 Å². The van der Waals surface area contributed by atoms with Crippen molar-refractivity contribution in [2.45, 2.75) is 0 Å². The van der Waals surface area contributed by atoms with Gasteiger partial charge in [-0.15, -0.1) is 0 Å². The number of aromatic nitrogens is 1. The van der Waals surface area contributed by atoms with Crippen LogP contribution in [0.25, 0.3) is 94.3 Å². The van der Waals surface area contributed by atoms with Gasteiger partial charge in [-0.05, 0) is 187 Å². The van der Waals surface area contributed by atoms with Crippen molar-refractivity contribution in [2.24, 2.45) is 0 Å². The summed E-state index contributed by atoms with van der Waals surface area (Å²) in [5.41, 5.74) is 24.8. The maximum Gasteiger partial charge on any atom is 0.252 e. The highest BCUT2D eigenvalue weighted by molar-refractivity contribution is 7.00. The predicted molar refractivity (Wildman–Crippen MR) is 352 cm³/mol. The van der Waals surface area contributed by atoms with Gasteiger partial charge in [0.15, 0.2) is 0 Å². The molecule has 2 aliphatic heterocycles. The molecule has 0 amide bonds. The minimum atomic E-state index is -0.694. The van der Waals surface area contributed by atoms with E-state index in [1.165, 1.54) is 28.5 Å². The van der Waals surface area contributed by atoms with Gasteiger partial charge in [-0.2, -0.15) is 5.26 Å². The Bertz CT molecular complexity index is 4720. The smallest absolute Gasteiger partial charge is 0.252 e. The van der Waals surface area contributed by atoms with E-state index in [1.54, 1.807) is 12.1 Å². The lowest BCUT2D eigenvalue weighted by molar-refractivity contribution is 0.584. The molecule has 0 saturated heterocycles. The van der Waals surface area contributed by atoms with Crippen LogP contribution in [0.4, 0.5) is 42.9 Å². The number of benzene rings is 13. The van der Waals surface area contributed by atoms with E-state index < -0.39 is 11.6 Å². The highest BCUT2D eigenvalue weighted by Crippen LogP contribution is 2.49. The average Bonchev–Trinajstić information content (AvgIpc) is 1.06. The molecule has 0 atom stereocenters. The third-order valence-corrected chi connectivity index (χ3v) is 17.2. The topological polar surface area (TPSA) is 35.2 Å². The Morgan fingerprint density at radius 1 is 0.302 bits per heavy atom. The van der Waals surface area contributed by atoms with Crippen molar-refractivity contribution in [1.29, 1.82) is 5.26 Å². The summed E-state index contributed by atoms with van der Waals surface area (Å²) < 4.78 is 32.3. The lowest BCUT2D eigenvalue weighted by Crippen LogP contribution is -2.61. The van der Waals surface area contributed by atoms with E-state index >= 15 is 8.78 Å². The maximum atomic E-state index is 15.1. The van der Waals surface area contributed by atoms with Gasteiger partial charge in [-0.3, -0.25) is 0 Å². The minimum Gasteiger partial charge on any atom is -0.311 e. The Labute approximate surface area is 497 Å². The van der Waals surface area contributed by atoms with E-state index in [2.05, 4.69) is 275 Å². The Morgan fingerprint density at radius 2 is 0.744 bits per heavy atom. The number of hydrogen-bond donors (Lipinski definition) is 0. The maximum absolute atomic E-state index is 15.1. The first-order valence-electron chi connectivity index (χ1n) is 28.9. The van der Waals surface area contributed by atoms with Gasteiger partial charge in [0, 0.05) is 56.5 Å². The Hall–Kier alpha value is -11.3. The minimum absolute atomic E-state index is 0.126. The van der Waals surface area contributed by atoms with Gasteiger partial charge in [-0.1, -0.05) is 182 Å². The average molecular weight is 1100 g/mol.